The SMILES string of the molecule is CCC(NC(=O)[C@@H](C)N)c1cccs1.Cl. The summed E-state index contributed by atoms with van der Waals surface area (Å²) in [6.45, 7) is 3.74. The maximum Gasteiger partial charge on any atom is 0.237 e. The summed E-state index contributed by atoms with van der Waals surface area (Å²) in [6.07, 6.45) is 0.888. The fraction of sp³-hybridized carbons (Fsp3) is 0.500. The molecule has 1 rings (SSSR count). The summed E-state index contributed by atoms with van der Waals surface area (Å²) < 4.78 is 0. The van der Waals surface area contributed by atoms with Crippen molar-refractivity contribution in [3.05, 3.63) is 22.4 Å². The first-order chi connectivity index (χ1) is 6.65. The van der Waals surface area contributed by atoms with Crippen LogP contribution in [0, 0.1) is 0 Å². The van der Waals surface area contributed by atoms with E-state index in [4.69, 9.17) is 5.73 Å². The molecule has 1 aromatic rings. The maximum atomic E-state index is 11.4. The van der Waals surface area contributed by atoms with Gasteiger partial charge in [-0.1, -0.05) is 13.0 Å². The van der Waals surface area contributed by atoms with Crippen molar-refractivity contribution in [2.75, 3.05) is 0 Å². The van der Waals surface area contributed by atoms with E-state index in [1.54, 1.807) is 18.3 Å². The van der Waals surface area contributed by atoms with Crippen LogP contribution in [0.15, 0.2) is 17.5 Å². The molecular weight excluding hydrogens is 232 g/mol. The predicted octanol–water partition coefficient (Wildman–Crippen LogP) is 2.08. The molecule has 0 saturated carbocycles. The van der Waals surface area contributed by atoms with E-state index >= 15 is 0 Å². The number of carbonyl (C=O) groups is 1. The summed E-state index contributed by atoms with van der Waals surface area (Å²) in [5.74, 6) is -0.0924. The molecule has 15 heavy (non-hydrogen) atoms. The molecule has 0 aliphatic rings. The zero-order chi connectivity index (χ0) is 10.6. The molecule has 0 aliphatic carbocycles. The van der Waals surface area contributed by atoms with Crippen LogP contribution in [0.1, 0.15) is 31.2 Å². The Kier molecular flexibility index (Phi) is 6.56. The third-order valence-electron chi connectivity index (χ3n) is 2.02. The quantitative estimate of drug-likeness (QED) is 0.857. The number of thiophene rings is 1. The molecular formula is C10H17ClN2OS. The minimum atomic E-state index is -0.441. The highest BCUT2D eigenvalue weighted by Gasteiger charge is 2.15. The van der Waals surface area contributed by atoms with Gasteiger partial charge in [0.05, 0.1) is 12.1 Å². The molecule has 0 aliphatic heterocycles. The lowest BCUT2D eigenvalue weighted by atomic mass is 10.2. The first-order valence-electron chi connectivity index (χ1n) is 4.74. The molecule has 0 fully saturated rings. The number of nitrogens with two attached hydrogens (primary N) is 1. The smallest absolute Gasteiger partial charge is 0.237 e. The number of hydrogen-bond donors (Lipinski definition) is 2. The number of rotatable bonds is 4. The van der Waals surface area contributed by atoms with E-state index in [-0.39, 0.29) is 24.4 Å². The van der Waals surface area contributed by atoms with Gasteiger partial charge in [0.15, 0.2) is 0 Å². The molecule has 0 saturated heterocycles. The van der Waals surface area contributed by atoms with Crippen LogP contribution < -0.4 is 11.1 Å². The molecule has 1 unspecified atom stereocenters. The van der Waals surface area contributed by atoms with Gasteiger partial charge in [0.2, 0.25) is 5.91 Å². The van der Waals surface area contributed by atoms with Gasteiger partial charge in [0.1, 0.15) is 0 Å². The topological polar surface area (TPSA) is 55.1 Å². The van der Waals surface area contributed by atoms with Gasteiger partial charge in [0.25, 0.3) is 0 Å². The second-order valence-electron chi connectivity index (χ2n) is 3.27. The number of nitrogens with one attached hydrogen (secondary N) is 1. The Morgan fingerprint density at radius 3 is 2.73 bits per heavy atom. The fourth-order valence-electron chi connectivity index (χ4n) is 1.17. The van der Waals surface area contributed by atoms with Gasteiger partial charge in [-0.05, 0) is 24.8 Å². The van der Waals surface area contributed by atoms with Gasteiger partial charge in [-0.3, -0.25) is 4.79 Å². The third-order valence-corrected chi connectivity index (χ3v) is 3.01. The highest BCUT2D eigenvalue weighted by molar-refractivity contribution is 7.10. The van der Waals surface area contributed by atoms with Gasteiger partial charge in [-0.25, -0.2) is 0 Å². The lowest BCUT2D eigenvalue weighted by molar-refractivity contribution is -0.122. The van der Waals surface area contributed by atoms with Crippen molar-refractivity contribution in [1.82, 2.24) is 5.32 Å². The lowest BCUT2D eigenvalue weighted by Crippen LogP contribution is -2.39. The van der Waals surface area contributed by atoms with E-state index in [0.29, 0.717) is 0 Å². The molecule has 1 amide bonds. The number of carbonyl (C=O) groups excluding carboxylic acids is 1. The Balaban J connectivity index is 0.00000196. The van der Waals surface area contributed by atoms with Gasteiger partial charge >= 0.3 is 0 Å². The highest BCUT2D eigenvalue weighted by Crippen LogP contribution is 2.21. The van der Waals surface area contributed by atoms with Crippen molar-refractivity contribution in [3.63, 3.8) is 0 Å². The van der Waals surface area contributed by atoms with Gasteiger partial charge in [0, 0.05) is 4.88 Å². The van der Waals surface area contributed by atoms with E-state index in [1.807, 2.05) is 24.4 Å². The Bertz CT molecular complexity index is 288. The molecule has 2 atom stereocenters. The Morgan fingerprint density at radius 2 is 2.33 bits per heavy atom. The van der Waals surface area contributed by atoms with Crippen LogP contribution in [-0.2, 0) is 4.79 Å². The van der Waals surface area contributed by atoms with Crippen molar-refractivity contribution in [1.29, 1.82) is 0 Å². The normalized spacial score (nSPS) is 13.8. The summed E-state index contributed by atoms with van der Waals surface area (Å²) in [6, 6.07) is 3.68. The monoisotopic (exact) mass is 248 g/mol. The summed E-state index contributed by atoms with van der Waals surface area (Å²) >= 11 is 1.65. The maximum absolute atomic E-state index is 11.4. The Labute approximate surface area is 100 Å². The molecule has 0 spiro atoms. The zero-order valence-corrected chi connectivity index (χ0v) is 10.5. The molecule has 86 valence electrons. The van der Waals surface area contributed by atoms with Crippen LogP contribution in [0.3, 0.4) is 0 Å². The first kappa shape index (κ1) is 14.4. The van der Waals surface area contributed by atoms with E-state index in [1.165, 1.54) is 4.88 Å². The van der Waals surface area contributed by atoms with Crippen molar-refractivity contribution in [2.45, 2.75) is 32.4 Å². The standard InChI is InChI=1S/C10H16N2OS.ClH/c1-3-8(9-5-4-6-14-9)12-10(13)7(2)11;/h4-8H,3,11H2,1-2H3,(H,12,13);1H/t7-,8?;/m1./s1. The summed E-state index contributed by atoms with van der Waals surface area (Å²) in [5, 5.41) is 4.92. The molecule has 0 aromatic carbocycles. The van der Waals surface area contributed by atoms with Crippen molar-refractivity contribution < 1.29 is 4.79 Å². The Morgan fingerprint density at radius 1 is 1.67 bits per heavy atom. The van der Waals surface area contributed by atoms with E-state index < -0.39 is 6.04 Å². The van der Waals surface area contributed by atoms with Crippen molar-refractivity contribution >= 4 is 29.7 Å². The number of halogens is 1. The van der Waals surface area contributed by atoms with Crippen LogP contribution >= 0.6 is 23.7 Å². The van der Waals surface area contributed by atoms with Crippen molar-refractivity contribution in [2.24, 2.45) is 5.73 Å². The average Bonchev–Trinajstić information content (AvgIpc) is 2.66. The van der Waals surface area contributed by atoms with E-state index in [0.717, 1.165) is 6.42 Å². The summed E-state index contributed by atoms with van der Waals surface area (Å²) in [4.78, 5) is 12.6. The molecule has 0 radical (unpaired) electrons. The van der Waals surface area contributed by atoms with Gasteiger partial charge in [-0.15, -0.1) is 23.7 Å². The van der Waals surface area contributed by atoms with Crippen LogP contribution in [0.2, 0.25) is 0 Å². The predicted molar refractivity (Wildman–Crippen MR) is 66.4 cm³/mol. The molecule has 0 bridgehead atoms. The molecule has 1 aromatic heterocycles. The minimum Gasteiger partial charge on any atom is -0.347 e. The second-order valence-corrected chi connectivity index (χ2v) is 4.25. The summed E-state index contributed by atoms with van der Waals surface area (Å²) in [7, 11) is 0. The highest BCUT2D eigenvalue weighted by atomic mass is 35.5. The third kappa shape index (κ3) is 4.20. The van der Waals surface area contributed by atoms with Crippen LogP contribution in [0.5, 0.6) is 0 Å². The van der Waals surface area contributed by atoms with Crippen LogP contribution in [0.4, 0.5) is 0 Å². The number of amides is 1. The zero-order valence-electron chi connectivity index (χ0n) is 8.90. The molecule has 3 nitrogen and oxygen atoms in total. The van der Waals surface area contributed by atoms with Gasteiger partial charge < -0.3 is 11.1 Å². The van der Waals surface area contributed by atoms with Crippen molar-refractivity contribution in [3.8, 4) is 0 Å². The summed E-state index contributed by atoms with van der Waals surface area (Å²) in [5.41, 5.74) is 5.48. The van der Waals surface area contributed by atoms with Crippen LogP contribution in [-0.4, -0.2) is 11.9 Å². The molecule has 3 N–H and O–H groups in total. The molecule has 1 heterocycles. The number of hydrogen-bond acceptors (Lipinski definition) is 3. The minimum absolute atomic E-state index is 0. The molecule has 5 heteroatoms. The second kappa shape index (κ2) is 6.82. The fourth-order valence-corrected chi connectivity index (χ4v) is 2.03. The Hall–Kier alpha value is -0.580. The first-order valence-corrected chi connectivity index (χ1v) is 5.62. The van der Waals surface area contributed by atoms with Gasteiger partial charge in [-0.2, -0.15) is 0 Å². The lowest BCUT2D eigenvalue weighted by Gasteiger charge is -2.16. The largest absolute Gasteiger partial charge is 0.347 e. The average molecular weight is 249 g/mol. The van der Waals surface area contributed by atoms with E-state index in [2.05, 4.69) is 5.32 Å². The van der Waals surface area contributed by atoms with Crippen LogP contribution in [0.25, 0.3) is 0 Å². The van der Waals surface area contributed by atoms with E-state index in [9.17, 15) is 4.79 Å².